The van der Waals surface area contributed by atoms with Crippen molar-refractivity contribution in [2.24, 2.45) is 7.05 Å². The van der Waals surface area contributed by atoms with Gasteiger partial charge in [-0.1, -0.05) is 6.92 Å². The predicted molar refractivity (Wildman–Crippen MR) is 64.3 cm³/mol. The Morgan fingerprint density at radius 2 is 2.11 bits per heavy atom. The van der Waals surface area contributed by atoms with Gasteiger partial charge in [-0.05, 0) is 31.4 Å². The molecular weight excluding hydrogens is 243 g/mol. The lowest BCUT2D eigenvalue weighted by Crippen LogP contribution is -2.30. The fourth-order valence-electron chi connectivity index (χ4n) is 1.92. The molecule has 1 aromatic rings. The van der Waals surface area contributed by atoms with Crippen molar-refractivity contribution in [3.8, 4) is 0 Å². The summed E-state index contributed by atoms with van der Waals surface area (Å²) in [5, 5.41) is 7.15. The highest BCUT2D eigenvalue weighted by atomic mass is 19.4. The van der Waals surface area contributed by atoms with Crippen LogP contribution < -0.4 is 5.32 Å². The second-order valence-electron chi connectivity index (χ2n) is 4.47. The standard InChI is InChI=1S/C12H20F3N3/c1-3-16-11(6-7-12(13,14)15)5-4-10-8-17-18(2)9-10/h8-9,11,16H,3-7H2,1-2H3. The first-order valence-electron chi connectivity index (χ1n) is 6.18. The summed E-state index contributed by atoms with van der Waals surface area (Å²) in [6.45, 7) is 2.60. The summed E-state index contributed by atoms with van der Waals surface area (Å²) >= 11 is 0. The topological polar surface area (TPSA) is 29.9 Å². The summed E-state index contributed by atoms with van der Waals surface area (Å²) in [5.41, 5.74) is 1.06. The minimum absolute atomic E-state index is 0.0863. The molecule has 0 spiro atoms. The van der Waals surface area contributed by atoms with Crippen LogP contribution in [0.25, 0.3) is 0 Å². The molecule has 3 nitrogen and oxygen atoms in total. The van der Waals surface area contributed by atoms with Crippen molar-refractivity contribution >= 4 is 0 Å². The summed E-state index contributed by atoms with van der Waals surface area (Å²) in [6, 6.07) is -0.0863. The molecule has 6 heteroatoms. The molecule has 0 amide bonds. The Bertz CT molecular complexity index is 347. The summed E-state index contributed by atoms with van der Waals surface area (Å²) in [5.74, 6) is 0. The number of aryl methyl sites for hydroxylation is 2. The molecule has 1 unspecified atom stereocenters. The Morgan fingerprint density at radius 1 is 1.39 bits per heavy atom. The molecule has 1 heterocycles. The second-order valence-corrected chi connectivity index (χ2v) is 4.47. The maximum absolute atomic E-state index is 12.2. The average Bonchev–Trinajstić information content (AvgIpc) is 2.67. The van der Waals surface area contributed by atoms with Gasteiger partial charge in [-0.15, -0.1) is 0 Å². The highest BCUT2D eigenvalue weighted by molar-refractivity contribution is 5.03. The van der Waals surface area contributed by atoms with E-state index in [9.17, 15) is 13.2 Å². The molecule has 0 aliphatic carbocycles. The molecule has 1 rings (SSSR count). The van der Waals surface area contributed by atoms with Gasteiger partial charge in [-0.3, -0.25) is 4.68 Å². The van der Waals surface area contributed by atoms with Gasteiger partial charge in [-0.2, -0.15) is 18.3 Å². The normalized spacial score (nSPS) is 13.8. The summed E-state index contributed by atoms with van der Waals surface area (Å²) in [4.78, 5) is 0. The number of nitrogens with zero attached hydrogens (tertiary/aromatic N) is 2. The van der Waals surface area contributed by atoms with Crippen LogP contribution in [0.1, 0.15) is 31.7 Å². The zero-order chi connectivity index (χ0) is 13.6. The summed E-state index contributed by atoms with van der Waals surface area (Å²) in [7, 11) is 1.83. The third kappa shape index (κ3) is 6.05. The maximum Gasteiger partial charge on any atom is 0.389 e. The van der Waals surface area contributed by atoms with Crippen LogP contribution in [0.4, 0.5) is 13.2 Å². The number of hydrogen-bond donors (Lipinski definition) is 1. The molecule has 104 valence electrons. The Morgan fingerprint density at radius 3 is 2.61 bits per heavy atom. The Kier molecular flexibility index (Phi) is 5.65. The van der Waals surface area contributed by atoms with E-state index in [1.807, 2.05) is 20.2 Å². The molecule has 0 saturated heterocycles. The Labute approximate surface area is 105 Å². The van der Waals surface area contributed by atoms with Gasteiger partial charge in [0.1, 0.15) is 0 Å². The molecule has 0 fully saturated rings. The SMILES string of the molecule is CCNC(CCc1cnn(C)c1)CCC(F)(F)F. The van der Waals surface area contributed by atoms with E-state index in [-0.39, 0.29) is 12.5 Å². The van der Waals surface area contributed by atoms with E-state index in [4.69, 9.17) is 0 Å². The number of alkyl halides is 3. The van der Waals surface area contributed by atoms with Gasteiger partial charge in [0.15, 0.2) is 0 Å². The van der Waals surface area contributed by atoms with Gasteiger partial charge in [0.25, 0.3) is 0 Å². The number of aromatic nitrogens is 2. The molecule has 0 saturated carbocycles. The minimum Gasteiger partial charge on any atom is -0.314 e. The Hall–Kier alpha value is -1.04. The van der Waals surface area contributed by atoms with Crippen LogP contribution in [0.2, 0.25) is 0 Å². The first kappa shape index (κ1) is 15.0. The fourth-order valence-corrected chi connectivity index (χ4v) is 1.92. The van der Waals surface area contributed by atoms with Gasteiger partial charge in [0.05, 0.1) is 6.20 Å². The Balaban J connectivity index is 2.37. The van der Waals surface area contributed by atoms with E-state index in [0.717, 1.165) is 12.0 Å². The highest BCUT2D eigenvalue weighted by Crippen LogP contribution is 2.23. The van der Waals surface area contributed by atoms with E-state index >= 15 is 0 Å². The lowest BCUT2D eigenvalue weighted by Gasteiger charge is -2.18. The molecule has 0 radical (unpaired) electrons. The van der Waals surface area contributed by atoms with E-state index in [2.05, 4.69) is 10.4 Å². The van der Waals surface area contributed by atoms with E-state index in [1.165, 1.54) is 0 Å². The summed E-state index contributed by atoms with van der Waals surface area (Å²) in [6.07, 6.45) is 0.454. The molecule has 18 heavy (non-hydrogen) atoms. The smallest absolute Gasteiger partial charge is 0.314 e. The van der Waals surface area contributed by atoms with Gasteiger partial charge in [-0.25, -0.2) is 0 Å². The zero-order valence-electron chi connectivity index (χ0n) is 10.8. The van der Waals surface area contributed by atoms with Crippen LogP contribution in [-0.4, -0.2) is 28.5 Å². The number of halogens is 3. The third-order valence-corrected chi connectivity index (χ3v) is 2.81. The monoisotopic (exact) mass is 263 g/mol. The van der Waals surface area contributed by atoms with Gasteiger partial charge < -0.3 is 5.32 Å². The molecular formula is C12H20F3N3. The van der Waals surface area contributed by atoms with Crippen LogP contribution >= 0.6 is 0 Å². The molecule has 1 N–H and O–H groups in total. The van der Waals surface area contributed by atoms with Gasteiger partial charge >= 0.3 is 6.18 Å². The molecule has 0 aromatic carbocycles. The molecule has 0 bridgehead atoms. The first-order chi connectivity index (χ1) is 8.40. The predicted octanol–water partition coefficient (Wildman–Crippen LogP) is 2.67. The second kappa shape index (κ2) is 6.78. The molecule has 1 aromatic heterocycles. The average molecular weight is 263 g/mol. The highest BCUT2D eigenvalue weighted by Gasteiger charge is 2.28. The van der Waals surface area contributed by atoms with Crippen molar-refractivity contribution in [1.82, 2.24) is 15.1 Å². The van der Waals surface area contributed by atoms with Crippen molar-refractivity contribution in [1.29, 1.82) is 0 Å². The van der Waals surface area contributed by atoms with Crippen molar-refractivity contribution in [2.45, 2.75) is 44.8 Å². The molecule has 0 aliphatic rings. The zero-order valence-corrected chi connectivity index (χ0v) is 10.8. The van der Waals surface area contributed by atoms with Crippen LogP contribution in [0.5, 0.6) is 0 Å². The van der Waals surface area contributed by atoms with Crippen molar-refractivity contribution in [2.75, 3.05) is 6.54 Å². The van der Waals surface area contributed by atoms with Gasteiger partial charge in [0.2, 0.25) is 0 Å². The number of hydrogen-bond acceptors (Lipinski definition) is 2. The quantitative estimate of drug-likeness (QED) is 0.819. The van der Waals surface area contributed by atoms with Crippen molar-refractivity contribution < 1.29 is 13.2 Å². The van der Waals surface area contributed by atoms with Crippen LogP contribution in [-0.2, 0) is 13.5 Å². The molecule has 1 atom stereocenters. The molecule has 0 aliphatic heterocycles. The van der Waals surface area contributed by atoms with E-state index < -0.39 is 12.6 Å². The van der Waals surface area contributed by atoms with Crippen molar-refractivity contribution in [3.05, 3.63) is 18.0 Å². The van der Waals surface area contributed by atoms with Gasteiger partial charge in [0, 0.05) is 25.7 Å². The van der Waals surface area contributed by atoms with Crippen molar-refractivity contribution in [3.63, 3.8) is 0 Å². The van der Waals surface area contributed by atoms with Crippen LogP contribution in [0.15, 0.2) is 12.4 Å². The fraction of sp³-hybridized carbons (Fsp3) is 0.750. The lowest BCUT2D eigenvalue weighted by atomic mass is 10.0. The maximum atomic E-state index is 12.2. The van der Waals surface area contributed by atoms with E-state index in [0.29, 0.717) is 13.0 Å². The van der Waals surface area contributed by atoms with Crippen LogP contribution in [0, 0.1) is 0 Å². The number of rotatable bonds is 7. The summed E-state index contributed by atoms with van der Waals surface area (Å²) < 4.78 is 38.2. The minimum atomic E-state index is -4.07. The lowest BCUT2D eigenvalue weighted by molar-refractivity contribution is -0.136. The number of nitrogens with one attached hydrogen (secondary N) is 1. The largest absolute Gasteiger partial charge is 0.389 e. The first-order valence-corrected chi connectivity index (χ1v) is 6.18. The van der Waals surface area contributed by atoms with Crippen LogP contribution in [0.3, 0.4) is 0 Å². The third-order valence-electron chi connectivity index (χ3n) is 2.81. The van der Waals surface area contributed by atoms with E-state index in [1.54, 1.807) is 10.9 Å².